The number of carboxylic acids is 1. The van der Waals surface area contributed by atoms with Crippen LogP contribution in [0, 0.1) is 13.8 Å². The van der Waals surface area contributed by atoms with Gasteiger partial charge in [-0.3, -0.25) is 9.20 Å². The van der Waals surface area contributed by atoms with Crippen molar-refractivity contribution in [1.29, 1.82) is 0 Å². The van der Waals surface area contributed by atoms with Gasteiger partial charge in [0, 0.05) is 5.56 Å². The summed E-state index contributed by atoms with van der Waals surface area (Å²) in [5.74, 6) is -1.04. The number of hydrogen-bond donors (Lipinski definition) is 1. The smallest absolute Gasteiger partial charge is 0.347 e. The van der Waals surface area contributed by atoms with Crippen LogP contribution in [0.15, 0.2) is 29.1 Å². The Morgan fingerprint density at radius 1 is 1.32 bits per heavy atom. The molecule has 0 bridgehead atoms. The van der Waals surface area contributed by atoms with Crippen molar-refractivity contribution in [1.82, 2.24) is 9.38 Å². The molecule has 0 aliphatic carbocycles. The van der Waals surface area contributed by atoms with Crippen molar-refractivity contribution < 1.29 is 9.90 Å². The molecule has 0 aliphatic rings. The number of carboxylic acid groups (broad SMARTS) is 1. The summed E-state index contributed by atoms with van der Waals surface area (Å²) in [5, 5.41) is 9.28. The van der Waals surface area contributed by atoms with Crippen LogP contribution < -0.4 is 5.56 Å². The number of aromatic carboxylic acids is 1. The Morgan fingerprint density at radius 3 is 2.72 bits per heavy atom. The van der Waals surface area contributed by atoms with Crippen LogP contribution in [-0.4, -0.2) is 20.5 Å². The minimum atomic E-state index is -1.04. The number of nitrogens with zero attached hydrogens (tertiary/aromatic N) is 2. The predicted octanol–water partition coefficient (Wildman–Crippen LogP) is 3.80. The number of benzene rings is 1. The maximum Gasteiger partial charge on any atom is 0.347 e. The topological polar surface area (TPSA) is 71.7 Å². The fraction of sp³-hybridized carbons (Fsp3) is 0.211. The number of carbonyl (C=O) groups is 1. The van der Waals surface area contributed by atoms with Gasteiger partial charge in [-0.05, 0) is 31.9 Å². The zero-order valence-corrected chi connectivity index (χ0v) is 15.1. The molecule has 0 aliphatic heterocycles. The Balaban J connectivity index is 2.18. The number of aromatic nitrogens is 2. The summed E-state index contributed by atoms with van der Waals surface area (Å²) in [4.78, 5) is 29.2. The van der Waals surface area contributed by atoms with Crippen molar-refractivity contribution in [3.63, 3.8) is 0 Å². The second-order valence-electron chi connectivity index (χ2n) is 5.82. The van der Waals surface area contributed by atoms with E-state index in [9.17, 15) is 14.7 Å². The summed E-state index contributed by atoms with van der Waals surface area (Å²) in [6.07, 6.45) is 4.27. The highest BCUT2D eigenvalue weighted by atomic mass is 32.1. The molecule has 3 aromatic rings. The Morgan fingerprint density at radius 2 is 2.08 bits per heavy atom. The van der Waals surface area contributed by atoms with Crippen LogP contribution in [0.4, 0.5) is 0 Å². The molecule has 0 saturated carbocycles. The maximum absolute atomic E-state index is 12.8. The fourth-order valence-electron chi connectivity index (χ4n) is 2.80. The van der Waals surface area contributed by atoms with E-state index in [0.29, 0.717) is 28.3 Å². The van der Waals surface area contributed by atoms with Gasteiger partial charge in [0.05, 0.1) is 11.4 Å². The fourth-order valence-corrected chi connectivity index (χ4v) is 3.76. The van der Waals surface area contributed by atoms with Crippen molar-refractivity contribution in [2.45, 2.75) is 27.2 Å². The first-order chi connectivity index (χ1) is 11.9. The molecular weight excluding hydrogens is 336 g/mol. The molecule has 0 amide bonds. The lowest BCUT2D eigenvalue weighted by Gasteiger charge is -2.04. The zero-order chi connectivity index (χ0) is 18.1. The van der Waals surface area contributed by atoms with E-state index in [4.69, 9.17) is 0 Å². The lowest BCUT2D eigenvalue weighted by atomic mass is 10.1. The number of fused-ring (bicyclic) bond motifs is 1. The number of hydrogen-bond acceptors (Lipinski definition) is 4. The second kappa shape index (κ2) is 6.64. The highest BCUT2D eigenvalue weighted by molar-refractivity contribution is 7.18. The third kappa shape index (κ3) is 3.13. The van der Waals surface area contributed by atoms with Gasteiger partial charge in [0.25, 0.3) is 5.56 Å². The Kier molecular flexibility index (Phi) is 4.55. The van der Waals surface area contributed by atoms with Crippen molar-refractivity contribution in [2.75, 3.05) is 0 Å². The van der Waals surface area contributed by atoms with E-state index in [1.54, 1.807) is 6.92 Å². The minimum absolute atomic E-state index is 0.145. The van der Waals surface area contributed by atoms with Gasteiger partial charge in [-0.1, -0.05) is 54.2 Å². The normalized spacial score (nSPS) is 11.5. The van der Waals surface area contributed by atoms with Crippen molar-refractivity contribution in [3.8, 4) is 0 Å². The number of rotatable bonds is 4. The molecule has 1 N–H and O–H groups in total. The van der Waals surface area contributed by atoms with E-state index in [-0.39, 0.29) is 10.4 Å². The van der Waals surface area contributed by atoms with E-state index in [2.05, 4.69) is 4.98 Å². The Bertz CT molecular complexity index is 1060. The molecule has 1 aromatic carbocycles. The Hall–Kier alpha value is -2.73. The molecular formula is C19H18N2O3S. The summed E-state index contributed by atoms with van der Waals surface area (Å²) >= 11 is 1.02. The predicted molar refractivity (Wildman–Crippen MR) is 101 cm³/mol. The average Bonchev–Trinajstić information content (AvgIpc) is 2.90. The van der Waals surface area contributed by atoms with Crippen LogP contribution in [-0.2, 0) is 6.42 Å². The number of thiazole rings is 1. The van der Waals surface area contributed by atoms with Gasteiger partial charge >= 0.3 is 5.97 Å². The standard InChI is InChI=1S/C19H18N2O3S/c1-4-14-15(9-8-13-7-5-6-11(2)10-13)20-19-21(17(14)22)12(3)16(25-19)18(23)24/h5-10H,4H2,1-3H3,(H,23,24)/b9-8+. The van der Waals surface area contributed by atoms with Gasteiger partial charge in [-0.15, -0.1) is 0 Å². The van der Waals surface area contributed by atoms with Crippen LogP contribution in [0.25, 0.3) is 17.1 Å². The van der Waals surface area contributed by atoms with E-state index in [1.165, 1.54) is 4.40 Å². The molecule has 2 aromatic heterocycles. The summed E-state index contributed by atoms with van der Waals surface area (Å²) < 4.78 is 1.40. The van der Waals surface area contributed by atoms with Crippen LogP contribution in [0.3, 0.4) is 0 Å². The van der Waals surface area contributed by atoms with Gasteiger partial charge in [-0.2, -0.15) is 0 Å². The van der Waals surface area contributed by atoms with Crippen LogP contribution in [0.2, 0.25) is 0 Å². The largest absolute Gasteiger partial charge is 0.477 e. The van der Waals surface area contributed by atoms with Crippen LogP contribution in [0.1, 0.15) is 44.7 Å². The van der Waals surface area contributed by atoms with Gasteiger partial charge < -0.3 is 5.11 Å². The van der Waals surface area contributed by atoms with E-state index >= 15 is 0 Å². The van der Waals surface area contributed by atoms with Gasteiger partial charge in [0.15, 0.2) is 4.96 Å². The first kappa shape index (κ1) is 17.1. The highest BCUT2D eigenvalue weighted by Gasteiger charge is 2.19. The molecule has 0 fully saturated rings. The summed E-state index contributed by atoms with van der Waals surface area (Å²) in [6, 6.07) is 8.03. The molecule has 2 heterocycles. The molecule has 5 nitrogen and oxygen atoms in total. The zero-order valence-electron chi connectivity index (χ0n) is 14.2. The monoisotopic (exact) mass is 354 g/mol. The first-order valence-electron chi connectivity index (χ1n) is 7.95. The lowest BCUT2D eigenvalue weighted by molar-refractivity contribution is 0.0701. The summed E-state index contributed by atoms with van der Waals surface area (Å²) in [7, 11) is 0. The molecule has 25 heavy (non-hydrogen) atoms. The summed E-state index contributed by atoms with van der Waals surface area (Å²) in [5.41, 5.74) is 3.58. The quantitative estimate of drug-likeness (QED) is 0.773. The number of aryl methyl sites for hydroxylation is 2. The molecule has 0 saturated heterocycles. The molecule has 0 atom stereocenters. The van der Waals surface area contributed by atoms with Crippen molar-refractivity contribution in [3.05, 3.63) is 67.6 Å². The molecule has 0 unspecified atom stereocenters. The van der Waals surface area contributed by atoms with Crippen molar-refractivity contribution >= 4 is 34.4 Å². The third-order valence-corrected chi connectivity index (χ3v) is 5.19. The van der Waals surface area contributed by atoms with Crippen LogP contribution >= 0.6 is 11.3 Å². The van der Waals surface area contributed by atoms with E-state index in [1.807, 2.05) is 50.3 Å². The Labute approximate surface area is 148 Å². The van der Waals surface area contributed by atoms with E-state index in [0.717, 1.165) is 22.5 Å². The molecule has 0 radical (unpaired) electrons. The van der Waals surface area contributed by atoms with Crippen molar-refractivity contribution in [2.24, 2.45) is 0 Å². The summed E-state index contributed by atoms with van der Waals surface area (Å²) in [6.45, 7) is 5.56. The molecule has 3 rings (SSSR count). The van der Waals surface area contributed by atoms with E-state index < -0.39 is 5.97 Å². The maximum atomic E-state index is 12.8. The van der Waals surface area contributed by atoms with Gasteiger partial charge in [0.2, 0.25) is 0 Å². The van der Waals surface area contributed by atoms with Crippen LogP contribution in [0.5, 0.6) is 0 Å². The van der Waals surface area contributed by atoms with Gasteiger partial charge in [0.1, 0.15) is 4.88 Å². The van der Waals surface area contributed by atoms with Gasteiger partial charge in [-0.25, -0.2) is 9.78 Å². The second-order valence-corrected chi connectivity index (χ2v) is 6.80. The molecule has 128 valence electrons. The first-order valence-corrected chi connectivity index (χ1v) is 8.77. The molecule has 6 heteroatoms. The average molecular weight is 354 g/mol. The minimum Gasteiger partial charge on any atom is -0.477 e. The third-order valence-electron chi connectivity index (χ3n) is 4.06. The lowest BCUT2D eigenvalue weighted by Crippen LogP contribution is -2.21. The molecule has 0 spiro atoms. The highest BCUT2D eigenvalue weighted by Crippen LogP contribution is 2.22. The SMILES string of the molecule is CCc1c(/C=C/c2cccc(C)c2)nc2sc(C(=O)O)c(C)n2c1=O.